The van der Waals surface area contributed by atoms with Crippen LogP contribution in [-0.4, -0.2) is 17.1 Å². The van der Waals surface area contributed by atoms with Crippen LogP contribution in [0.5, 0.6) is 5.88 Å². The summed E-state index contributed by atoms with van der Waals surface area (Å²) in [4.78, 5) is 7.50. The van der Waals surface area contributed by atoms with Crippen molar-refractivity contribution in [3.8, 4) is 5.88 Å². The third kappa shape index (κ3) is 5.62. The molecule has 25 heavy (non-hydrogen) atoms. The number of aryl methyl sites for hydroxylation is 1. The Labute approximate surface area is 145 Å². The molecule has 136 valence electrons. The molecule has 0 bridgehead atoms. The number of ether oxygens (including phenoxy) is 1. The molecule has 4 nitrogen and oxygen atoms in total. The number of aromatic nitrogens is 2. The van der Waals surface area contributed by atoms with E-state index >= 15 is 0 Å². The van der Waals surface area contributed by atoms with Crippen molar-refractivity contribution >= 4 is 11.6 Å². The summed E-state index contributed by atoms with van der Waals surface area (Å²) in [6.45, 7) is 2.18. The second-order valence-corrected chi connectivity index (χ2v) is 5.75. The van der Waals surface area contributed by atoms with Gasteiger partial charge < -0.3 is 10.1 Å². The molecule has 1 N–H and O–H groups in total. The lowest BCUT2D eigenvalue weighted by molar-refractivity contribution is -0.139. The number of alkyl halides is 3. The summed E-state index contributed by atoms with van der Waals surface area (Å²) < 4.78 is 43.1. The first-order valence-electron chi connectivity index (χ1n) is 8.28. The molecule has 1 aromatic carbocycles. The van der Waals surface area contributed by atoms with Crippen molar-refractivity contribution in [3.05, 3.63) is 41.6 Å². The standard InChI is InChI=1S/C18H22F3N3O/c1-3-4-5-6-7-13-8-10-14(11-9-13)23-17-22-12-15(18(19,20)21)16(24-17)25-2/h8-12H,3-7H2,1-2H3,(H,22,23,24). The van der Waals surface area contributed by atoms with Crippen molar-refractivity contribution in [2.24, 2.45) is 0 Å². The van der Waals surface area contributed by atoms with E-state index in [-0.39, 0.29) is 5.95 Å². The van der Waals surface area contributed by atoms with Gasteiger partial charge in [-0.25, -0.2) is 4.98 Å². The van der Waals surface area contributed by atoms with Gasteiger partial charge in [0, 0.05) is 11.9 Å². The summed E-state index contributed by atoms with van der Waals surface area (Å²) in [6.07, 6.45) is 2.01. The molecule has 1 heterocycles. The summed E-state index contributed by atoms with van der Waals surface area (Å²) >= 11 is 0. The van der Waals surface area contributed by atoms with E-state index in [0.29, 0.717) is 5.69 Å². The highest BCUT2D eigenvalue weighted by Crippen LogP contribution is 2.35. The van der Waals surface area contributed by atoms with E-state index in [4.69, 9.17) is 4.74 Å². The maximum absolute atomic E-state index is 12.8. The van der Waals surface area contributed by atoms with Gasteiger partial charge >= 0.3 is 6.18 Å². The van der Waals surface area contributed by atoms with Crippen LogP contribution in [0.4, 0.5) is 24.8 Å². The lowest BCUT2D eigenvalue weighted by Gasteiger charge is -2.12. The van der Waals surface area contributed by atoms with Crippen LogP contribution in [0.3, 0.4) is 0 Å². The number of nitrogens with one attached hydrogen (secondary N) is 1. The summed E-state index contributed by atoms with van der Waals surface area (Å²) in [6, 6.07) is 7.72. The quantitative estimate of drug-likeness (QED) is 0.648. The van der Waals surface area contributed by atoms with E-state index < -0.39 is 17.6 Å². The summed E-state index contributed by atoms with van der Waals surface area (Å²) in [7, 11) is 1.15. The fraction of sp³-hybridized carbons (Fsp3) is 0.444. The van der Waals surface area contributed by atoms with Gasteiger partial charge in [-0.05, 0) is 30.5 Å². The van der Waals surface area contributed by atoms with Crippen LogP contribution in [0, 0.1) is 0 Å². The number of unbranched alkanes of at least 4 members (excludes halogenated alkanes) is 3. The van der Waals surface area contributed by atoms with Gasteiger partial charge in [0.15, 0.2) is 0 Å². The molecule has 0 amide bonds. The molecule has 0 aliphatic carbocycles. The Kier molecular flexibility index (Phi) is 6.61. The van der Waals surface area contributed by atoms with Crippen LogP contribution in [0.2, 0.25) is 0 Å². The van der Waals surface area contributed by atoms with Gasteiger partial charge in [0.25, 0.3) is 0 Å². The number of rotatable bonds is 8. The smallest absolute Gasteiger partial charge is 0.423 e. The van der Waals surface area contributed by atoms with E-state index in [1.807, 2.05) is 24.3 Å². The molecular weight excluding hydrogens is 331 g/mol. The molecule has 0 atom stereocenters. The minimum absolute atomic E-state index is 0.0561. The minimum Gasteiger partial charge on any atom is -0.480 e. The SMILES string of the molecule is CCCCCCc1ccc(Nc2ncc(C(F)(F)F)c(OC)n2)cc1. The van der Waals surface area contributed by atoms with Crippen LogP contribution in [0.15, 0.2) is 30.5 Å². The van der Waals surface area contributed by atoms with Crippen molar-refractivity contribution in [1.29, 1.82) is 0 Å². The number of methoxy groups -OCH3 is 1. The highest BCUT2D eigenvalue weighted by atomic mass is 19.4. The fourth-order valence-electron chi connectivity index (χ4n) is 2.42. The number of halogens is 3. The van der Waals surface area contributed by atoms with Crippen molar-refractivity contribution < 1.29 is 17.9 Å². The molecule has 0 aliphatic heterocycles. The highest BCUT2D eigenvalue weighted by molar-refractivity contribution is 5.54. The first kappa shape index (κ1) is 19.0. The normalized spacial score (nSPS) is 11.4. The van der Waals surface area contributed by atoms with Crippen molar-refractivity contribution in [1.82, 2.24) is 9.97 Å². The Bertz CT molecular complexity index is 672. The summed E-state index contributed by atoms with van der Waals surface area (Å²) in [5.41, 5.74) is 0.940. The van der Waals surface area contributed by atoms with Crippen molar-refractivity contribution in [3.63, 3.8) is 0 Å². The predicted molar refractivity (Wildman–Crippen MR) is 91.2 cm³/mol. The Balaban J connectivity index is 2.02. The zero-order chi connectivity index (χ0) is 18.3. The predicted octanol–water partition coefficient (Wildman–Crippen LogP) is 5.37. The molecule has 7 heteroatoms. The van der Waals surface area contributed by atoms with E-state index in [2.05, 4.69) is 22.2 Å². The van der Waals surface area contributed by atoms with Gasteiger partial charge in [0.05, 0.1) is 7.11 Å². The van der Waals surface area contributed by atoms with Crippen LogP contribution < -0.4 is 10.1 Å². The number of anilines is 2. The molecule has 0 spiro atoms. The average Bonchev–Trinajstić information content (AvgIpc) is 2.59. The van der Waals surface area contributed by atoms with Crippen LogP contribution >= 0.6 is 0 Å². The molecule has 2 aromatic rings. The van der Waals surface area contributed by atoms with Crippen LogP contribution in [-0.2, 0) is 12.6 Å². The van der Waals surface area contributed by atoms with Crippen LogP contribution in [0.25, 0.3) is 0 Å². The van der Waals surface area contributed by atoms with E-state index in [9.17, 15) is 13.2 Å². The van der Waals surface area contributed by atoms with E-state index in [1.54, 1.807) is 0 Å². The van der Waals surface area contributed by atoms with Gasteiger partial charge in [-0.2, -0.15) is 18.2 Å². The average molecular weight is 353 g/mol. The van der Waals surface area contributed by atoms with Gasteiger partial charge in [-0.3, -0.25) is 0 Å². The maximum atomic E-state index is 12.8. The molecule has 0 aliphatic rings. The lowest BCUT2D eigenvalue weighted by Crippen LogP contribution is -2.11. The third-order valence-corrected chi connectivity index (χ3v) is 3.78. The highest BCUT2D eigenvalue weighted by Gasteiger charge is 2.36. The molecular formula is C18H22F3N3O. The van der Waals surface area contributed by atoms with Gasteiger partial charge in [-0.15, -0.1) is 0 Å². The zero-order valence-electron chi connectivity index (χ0n) is 14.4. The summed E-state index contributed by atoms with van der Waals surface area (Å²) in [5, 5.41) is 2.89. The topological polar surface area (TPSA) is 47.0 Å². The minimum atomic E-state index is -4.55. The number of hydrogen-bond donors (Lipinski definition) is 1. The Morgan fingerprint density at radius 2 is 1.80 bits per heavy atom. The van der Waals surface area contributed by atoms with Gasteiger partial charge in [0.1, 0.15) is 5.56 Å². The molecule has 0 saturated carbocycles. The molecule has 1 aromatic heterocycles. The molecule has 0 fully saturated rings. The molecule has 2 rings (SSSR count). The third-order valence-electron chi connectivity index (χ3n) is 3.78. The first-order chi connectivity index (χ1) is 11.9. The van der Waals surface area contributed by atoms with Crippen molar-refractivity contribution in [2.45, 2.75) is 45.2 Å². The van der Waals surface area contributed by atoms with Crippen molar-refractivity contribution in [2.75, 3.05) is 12.4 Å². The Morgan fingerprint density at radius 3 is 2.40 bits per heavy atom. The van der Waals surface area contributed by atoms with Gasteiger partial charge in [0.2, 0.25) is 11.8 Å². The lowest BCUT2D eigenvalue weighted by atomic mass is 10.1. The summed E-state index contributed by atoms with van der Waals surface area (Å²) in [5.74, 6) is -0.446. The molecule has 0 unspecified atom stereocenters. The largest absolute Gasteiger partial charge is 0.480 e. The van der Waals surface area contributed by atoms with Crippen LogP contribution in [0.1, 0.15) is 43.7 Å². The first-order valence-corrected chi connectivity index (χ1v) is 8.28. The number of hydrogen-bond acceptors (Lipinski definition) is 4. The van der Waals surface area contributed by atoms with Gasteiger partial charge in [-0.1, -0.05) is 38.3 Å². The maximum Gasteiger partial charge on any atom is 0.423 e. The second kappa shape index (κ2) is 8.69. The Hall–Kier alpha value is -2.31. The van der Waals surface area contributed by atoms with E-state index in [1.165, 1.54) is 24.8 Å². The second-order valence-electron chi connectivity index (χ2n) is 5.75. The fourth-order valence-corrected chi connectivity index (χ4v) is 2.42. The molecule has 0 radical (unpaired) electrons. The Morgan fingerprint density at radius 1 is 1.08 bits per heavy atom. The molecule has 0 saturated heterocycles. The zero-order valence-corrected chi connectivity index (χ0v) is 14.4. The number of benzene rings is 1. The van der Waals surface area contributed by atoms with E-state index in [0.717, 1.165) is 26.1 Å². The monoisotopic (exact) mass is 353 g/mol. The number of nitrogens with zero attached hydrogens (tertiary/aromatic N) is 2.